The standard InChI is InChI=1S/C15H31B2O9P/c1-8(2)22-7-11-13(14(21-4)15(17)24-11)26-27(18,19)25-9-5-12(16)23-10(9)6-20-3/h8-15H,5-7,16-17H2,1-4H3,(H,18,19)/t9?,10?,11?,12?,13?,14-,15?/m1/s1. The third-order valence-electron chi connectivity index (χ3n) is 4.65. The van der Waals surface area contributed by atoms with Gasteiger partial charge in [0, 0.05) is 20.2 Å². The summed E-state index contributed by atoms with van der Waals surface area (Å²) in [6.45, 7) is 4.30. The molecule has 9 nitrogen and oxygen atoms in total. The van der Waals surface area contributed by atoms with E-state index in [1.165, 1.54) is 14.2 Å². The fourth-order valence-electron chi connectivity index (χ4n) is 3.48. The number of phosphoric acid groups is 1. The van der Waals surface area contributed by atoms with E-state index in [1.54, 1.807) is 0 Å². The predicted octanol–water partition coefficient (Wildman–Crippen LogP) is -0.950. The molecule has 8 atom stereocenters. The quantitative estimate of drug-likeness (QED) is 0.362. The van der Waals surface area contributed by atoms with E-state index in [0.717, 1.165) is 0 Å². The molecule has 156 valence electrons. The number of hydrogen-bond acceptors (Lipinski definition) is 8. The minimum absolute atomic E-state index is 0.00439. The fraction of sp³-hybridized carbons (Fsp3) is 1.00. The second-order valence-corrected chi connectivity index (χ2v) is 8.68. The van der Waals surface area contributed by atoms with E-state index >= 15 is 0 Å². The van der Waals surface area contributed by atoms with Gasteiger partial charge in [0.15, 0.2) is 0 Å². The Labute approximate surface area is 162 Å². The Morgan fingerprint density at radius 2 is 1.81 bits per heavy atom. The molecule has 2 saturated heterocycles. The number of hydrogen-bond donors (Lipinski definition) is 1. The van der Waals surface area contributed by atoms with Gasteiger partial charge in [0.25, 0.3) is 0 Å². The molecule has 2 fully saturated rings. The molecule has 2 aliphatic heterocycles. The summed E-state index contributed by atoms with van der Waals surface area (Å²) in [5.74, 6) is 0. The Balaban J connectivity index is 2.04. The lowest BCUT2D eigenvalue weighted by Crippen LogP contribution is -2.39. The molecule has 2 rings (SSSR count). The summed E-state index contributed by atoms with van der Waals surface area (Å²) in [6.07, 6.45) is -2.38. The zero-order valence-electron chi connectivity index (χ0n) is 16.9. The second kappa shape index (κ2) is 10.2. The van der Waals surface area contributed by atoms with E-state index in [4.69, 9.17) is 32.7 Å². The van der Waals surface area contributed by atoms with Gasteiger partial charge in [-0.2, -0.15) is 0 Å². The van der Waals surface area contributed by atoms with Crippen LogP contribution in [0.3, 0.4) is 0 Å². The van der Waals surface area contributed by atoms with Gasteiger partial charge in [0.05, 0.1) is 31.4 Å². The Morgan fingerprint density at radius 1 is 1.11 bits per heavy atom. The molecule has 0 spiro atoms. The smallest absolute Gasteiger partial charge is 0.382 e. The van der Waals surface area contributed by atoms with Crippen LogP contribution in [0.2, 0.25) is 0 Å². The highest BCUT2D eigenvalue weighted by molar-refractivity contribution is 7.47. The maximum atomic E-state index is 12.7. The Bertz CT molecular complexity index is 512. The second-order valence-electron chi connectivity index (χ2n) is 7.32. The monoisotopic (exact) mass is 408 g/mol. The van der Waals surface area contributed by atoms with E-state index in [2.05, 4.69) is 0 Å². The average Bonchev–Trinajstić information content (AvgIpc) is 3.04. The van der Waals surface area contributed by atoms with Crippen molar-refractivity contribution in [3.8, 4) is 0 Å². The molecule has 0 amide bonds. The topological polar surface area (TPSA) is 102 Å². The molecule has 0 aromatic heterocycles. The lowest BCUT2D eigenvalue weighted by atomic mass is 9.93. The number of methoxy groups -OCH3 is 2. The van der Waals surface area contributed by atoms with E-state index in [0.29, 0.717) is 6.42 Å². The largest absolute Gasteiger partial charge is 0.473 e. The number of rotatable bonds is 10. The Hall–Kier alpha value is 0.0399. The summed E-state index contributed by atoms with van der Waals surface area (Å²) >= 11 is 0. The van der Waals surface area contributed by atoms with Gasteiger partial charge in [0.2, 0.25) is 0 Å². The van der Waals surface area contributed by atoms with Crippen molar-refractivity contribution >= 4 is 23.5 Å². The minimum atomic E-state index is -4.39. The molecule has 12 heteroatoms. The molecule has 0 aliphatic carbocycles. The maximum Gasteiger partial charge on any atom is 0.473 e. The zero-order chi connectivity index (χ0) is 20.2. The minimum Gasteiger partial charge on any atom is -0.382 e. The van der Waals surface area contributed by atoms with Crippen molar-refractivity contribution in [3.63, 3.8) is 0 Å². The van der Waals surface area contributed by atoms with Gasteiger partial charge in [0.1, 0.15) is 40.1 Å². The van der Waals surface area contributed by atoms with Crippen LogP contribution in [0.15, 0.2) is 0 Å². The molecule has 0 bridgehead atoms. The molecule has 2 aliphatic rings. The van der Waals surface area contributed by atoms with Crippen LogP contribution in [-0.2, 0) is 37.3 Å². The Morgan fingerprint density at radius 3 is 2.41 bits per heavy atom. The first-order valence-electron chi connectivity index (χ1n) is 9.30. The molecule has 2 heterocycles. The zero-order valence-corrected chi connectivity index (χ0v) is 17.8. The average molecular weight is 408 g/mol. The van der Waals surface area contributed by atoms with Gasteiger partial charge < -0.3 is 28.6 Å². The van der Waals surface area contributed by atoms with Gasteiger partial charge in [-0.25, -0.2) is 4.57 Å². The van der Waals surface area contributed by atoms with Gasteiger partial charge >= 0.3 is 7.82 Å². The van der Waals surface area contributed by atoms with Crippen molar-refractivity contribution in [2.24, 2.45) is 0 Å². The van der Waals surface area contributed by atoms with Crippen molar-refractivity contribution in [1.29, 1.82) is 0 Å². The van der Waals surface area contributed by atoms with Crippen LogP contribution in [0.5, 0.6) is 0 Å². The van der Waals surface area contributed by atoms with Crippen LogP contribution in [0.1, 0.15) is 20.3 Å². The molecule has 0 saturated carbocycles. The van der Waals surface area contributed by atoms with Crippen LogP contribution in [0.25, 0.3) is 0 Å². The number of ether oxygens (including phenoxy) is 5. The summed E-state index contributed by atoms with van der Waals surface area (Å²) < 4.78 is 51.2. The first-order valence-corrected chi connectivity index (χ1v) is 10.8. The molecule has 0 radical (unpaired) electrons. The predicted molar refractivity (Wildman–Crippen MR) is 102 cm³/mol. The maximum absolute atomic E-state index is 12.7. The molecule has 1 N–H and O–H groups in total. The van der Waals surface area contributed by atoms with E-state index in [-0.39, 0.29) is 31.3 Å². The molecular formula is C15H31B2O9P. The van der Waals surface area contributed by atoms with Crippen LogP contribution in [0.4, 0.5) is 0 Å². The lowest BCUT2D eigenvalue weighted by Gasteiger charge is -2.27. The van der Waals surface area contributed by atoms with Crippen molar-refractivity contribution < 1.29 is 42.2 Å². The highest BCUT2D eigenvalue weighted by Crippen LogP contribution is 2.50. The fourth-order valence-corrected chi connectivity index (χ4v) is 4.65. The van der Waals surface area contributed by atoms with Crippen molar-refractivity contribution in [3.05, 3.63) is 0 Å². The van der Waals surface area contributed by atoms with Gasteiger partial charge in [-0.15, -0.1) is 0 Å². The van der Waals surface area contributed by atoms with E-state index in [1.807, 2.05) is 29.5 Å². The van der Waals surface area contributed by atoms with E-state index < -0.39 is 38.3 Å². The summed E-state index contributed by atoms with van der Waals surface area (Å²) in [5, 5.41) is 0. The first-order chi connectivity index (χ1) is 12.7. The normalized spacial score (nSPS) is 39.1. The van der Waals surface area contributed by atoms with Gasteiger partial charge in [-0.05, 0) is 20.3 Å². The summed E-state index contributed by atoms with van der Waals surface area (Å²) in [5.41, 5.74) is 0. The summed E-state index contributed by atoms with van der Waals surface area (Å²) in [6, 6.07) is -0.402. The molecular weight excluding hydrogens is 377 g/mol. The third-order valence-corrected chi connectivity index (χ3v) is 5.70. The van der Waals surface area contributed by atoms with Gasteiger partial charge in [-0.1, -0.05) is 0 Å². The summed E-state index contributed by atoms with van der Waals surface area (Å²) in [4.78, 5) is 10.4. The van der Waals surface area contributed by atoms with E-state index in [9.17, 15) is 9.46 Å². The third kappa shape index (κ3) is 6.52. The molecule has 27 heavy (non-hydrogen) atoms. The van der Waals surface area contributed by atoms with Crippen molar-refractivity contribution in [2.75, 3.05) is 27.4 Å². The van der Waals surface area contributed by atoms with Crippen LogP contribution < -0.4 is 0 Å². The summed E-state index contributed by atoms with van der Waals surface area (Å²) in [7, 11) is 2.36. The van der Waals surface area contributed by atoms with Crippen LogP contribution in [-0.4, -0.2) is 96.6 Å². The number of phosphoric ester groups is 1. The van der Waals surface area contributed by atoms with Crippen molar-refractivity contribution in [2.45, 2.75) is 68.9 Å². The van der Waals surface area contributed by atoms with Crippen LogP contribution in [0, 0.1) is 0 Å². The molecule has 7 unspecified atom stereocenters. The van der Waals surface area contributed by atoms with Crippen LogP contribution >= 0.6 is 7.82 Å². The Kier molecular flexibility index (Phi) is 8.80. The molecule has 0 aromatic rings. The highest BCUT2D eigenvalue weighted by Gasteiger charge is 2.48. The lowest BCUT2D eigenvalue weighted by molar-refractivity contribution is -0.0591. The van der Waals surface area contributed by atoms with Gasteiger partial charge in [-0.3, -0.25) is 9.05 Å². The van der Waals surface area contributed by atoms with Crippen molar-refractivity contribution in [1.82, 2.24) is 0 Å². The highest BCUT2D eigenvalue weighted by atomic mass is 31.2. The SMILES string of the molecule is BC1CC(OP(=O)(O)OC2C(COC(C)C)OC(B)[C@@H]2OC)C(COC)O1. The first kappa shape index (κ1) is 23.3. The molecule has 0 aromatic carbocycles.